The number of carbonyl (C=O) groups excluding carboxylic acids is 1. The van der Waals surface area contributed by atoms with Crippen molar-refractivity contribution in [3.05, 3.63) is 52.0 Å². The predicted molar refractivity (Wildman–Crippen MR) is 98.4 cm³/mol. The number of hydrogen-bond donors (Lipinski definition) is 0. The number of nitrogens with zero attached hydrogens (tertiary/aromatic N) is 3. The normalized spacial score (nSPS) is 16.4. The molecule has 2 heterocycles. The summed E-state index contributed by atoms with van der Waals surface area (Å²) < 4.78 is 0. The second kappa shape index (κ2) is 7.03. The molecule has 3 rings (SSSR count). The molecule has 0 N–H and O–H groups in total. The molecule has 1 aromatic carbocycles. The molecule has 0 aliphatic carbocycles. The molecule has 24 heavy (non-hydrogen) atoms. The van der Waals surface area contributed by atoms with Crippen LogP contribution in [-0.2, 0) is 12.0 Å². The Morgan fingerprint density at radius 3 is 2.38 bits per heavy atom. The van der Waals surface area contributed by atoms with E-state index in [1.54, 1.807) is 11.3 Å². The van der Waals surface area contributed by atoms with E-state index < -0.39 is 0 Å². The fourth-order valence-electron chi connectivity index (χ4n) is 2.79. The van der Waals surface area contributed by atoms with Gasteiger partial charge in [0.15, 0.2) is 0 Å². The first-order chi connectivity index (χ1) is 11.4. The number of carbonyl (C=O) groups is 1. The molecular formula is C19H25N3OS. The average Bonchev–Trinajstić information content (AvgIpc) is 3.05. The second-order valence-corrected chi connectivity index (χ2v) is 8.25. The van der Waals surface area contributed by atoms with Gasteiger partial charge in [-0.3, -0.25) is 9.69 Å². The summed E-state index contributed by atoms with van der Waals surface area (Å²) in [6.07, 6.45) is 0. The van der Waals surface area contributed by atoms with Crippen LogP contribution in [0.1, 0.15) is 41.8 Å². The molecule has 1 saturated heterocycles. The third-order valence-corrected chi connectivity index (χ3v) is 5.19. The molecule has 1 aliphatic heterocycles. The minimum absolute atomic E-state index is 0.107. The molecule has 2 aromatic rings. The molecule has 1 aromatic heterocycles. The molecule has 1 aliphatic rings. The molecule has 128 valence electrons. The highest BCUT2D eigenvalue weighted by Crippen LogP contribution is 2.24. The van der Waals surface area contributed by atoms with E-state index in [4.69, 9.17) is 4.98 Å². The van der Waals surface area contributed by atoms with Gasteiger partial charge in [0.25, 0.3) is 5.91 Å². The summed E-state index contributed by atoms with van der Waals surface area (Å²) in [5.41, 5.74) is 2.05. The van der Waals surface area contributed by atoms with Gasteiger partial charge >= 0.3 is 0 Å². The van der Waals surface area contributed by atoms with E-state index in [2.05, 4.69) is 31.1 Å². The third kappa shape index (κ3) is 4.02. The van der Waals surface area contributed by atoms with Gasteiger partial charge in [0, 0.05) is 42.5 Å². The van der Waals surface area contributed by atoms with Crippen LogP contribution in [0.15, 0.2) is 35.7 Å². The molecule has 1 amide bonds. The Balaban J connectivity index is 1.54. The second-order valence-electron chi connectivity index (χ2n) is 7.31. The van der Waals surface area contributed by atoms with E-state index >= 15 is 0 Å². The number of amides is 1. The molecule has 0 saturated carbocycles. The van der Waals surface area contributed by atoms with E-state index in [0.717, 1.165) is 38.3 Å². The summed E-state index contributed by atoms with van der Waals surface area (Å²) in [5.74, 6) is 0.138. The first kappa shape index (κ1) is 17.1. The molecule has 5 heteroatoms. The lowest BCUT2D eigenvalue weighted by Gasteiger charge is -2.34. The van der Waals surface area contributed by atoms with Crippen LogP contribution in [0, 0.1) is 0 Å². The Hall–Kier alpha value is -1.72. The van der Waals surface area contributed by atoms with Gasteiger partial charge in [0.1, 0.15) is 5.01 Å². The number of benzene rings is 1. The number of thiazole rings is 1. The zero-order valence-electron chi connectivity index (χ0n) is 14.7. The van der Waals surface area contributed by atoms with E-state index in [0.29, 0.717) is 0 Å². The van der Waals surface area contributed by atoms with Crippen molar-refractivity contribution in [1.82, 2.24) is 14.8 Å². The molecular weight excluding hydrogens is 318 g/mol. The highest BCUT2D eigenvalue weighted by atomic mass is 32.1. The van der Waals surface area contributed by atoms with Gasteiger partial charge in [0.2, 0.25) is 0 Å². The lowest BCUT2D eigenvalue weighted by atomic mass is 9.93. The van der Waals surface area contributed by atoms with Crippen LogP contribution in [0.5, 0.6) is 0 Å². The lowest BCUT2D eigenvalue weighted by molar-refractivity contribution is 0.0628. The van der Waals surface area contributed by atoms with Crippen LogP contribution in [0.3, 0.4) is 0 Å². The van der Waals surface area contributed by atoms with E-state index in [-0.39, 0.29) is 11.3 Å². The van der Waals surface area contributed by atoms with Crippen LogP contribution in [0.4, 0.5) is 0 Å². The minimum Gasteiger partial charge on any atom is -0.336 e. The SMILES string of the molecule is CC(C)(C)c1csc(CN2CCN(C(=O)c3ccccc3)CC2)n1. The van der Waals surface area contributed by atoms with Crippen LogP contribution < -0.4 is 0 Å². The van der Waals surface area contributed by atoms with Crippen molar-refractivity contribution in [2.24, 2.45) is 0 Å². The van der Waals surface area contributed by atoms with Crippen molar-refractivity contribution in [2.45, 2.75) is 32.7 Å². The first-order valence-corrected chi connectivity index (χ1v) is 9.33. The summed E-state index contributed by atoms with van der Waals surface area (Å²) in [7, 11) is 0. The highest BCUT2D eigenvalue weighted by Gasteiger charge is 2.23. The molecule has 0 bridgehead atoms. The van der Waals surface area contributed by atoms with Gasteiger partial charge in [-0.05, 0) is 12.1 Å². The maximum atomic E-state index is 12.5. The Labute approximate surface area is 148 Å². The van der Waals surface area contributed by atoms with Crippen LogP contribution in [0.2, 0.25) is 0 Å². The standard InChI is InChI=1S/C19H25N3OS/c1-19(2,3)16-14-24-17(20-16)13-21-9-11-22(12-10-21)18(23)15-7-5-4-6-8-15/h4-8,14H,9-13H2,1-3H3. The summed E-state index contributed by atoms with van der Waals surface area (Å²) in [4.78, 5) is 21.6. The maximum Gasteiger partial charge on any atom is 0.253 e. The van der Waals surface area contributed by atoms with Gasteiger partial charge in [-0.1, -0.05) is 39.0 Å². The van der Waals surface area contributed by atoms with Crippen molar-refractivity contribution >= 4 is 17.2 Å². The zero-order valence-corrected chi connectivity index (χ0v) is 15.5. The molecule has 0 spiro atoms. The molecule has 0 atom stereocenters. The molecule has 4 nitrogen and oxygen atoms in total. The van der Waals surface area contributed by atoms with Gasteiger partial charge in [-0.25, -0.2) is 4.98 Å². The quantitative estimate of drug-likeness (QED) is 0.857. The zero-order chi connectivity index (χ0) is 17.2. The van der Waals surface area contributed by atoms with Crippen LogP contribution in [-0.4, -0.2) is 46.9 Å². The minimum atomic E-state index is 0.107. The molecule has 1 fully saturated rings. The lowest BCUT2D eigenvalue weighted by Crippen LogP contribution is -2.48. The summed E-state index contributed by atoms with van der Waals surface area (Å²) >= 11 is 1.74. The Kier molecular flexibility index (Phi) is 5.01. The smallest absolute Gasteiger partial charge is 0.253 e. The Morgan fingerprint density at radius 2 is 1.79 bits per heavy atom. The van der Waals surface area contributed by atoms with E-state index in [1.165, 1.54) is 10.7 Å². The summed E-state index contributed by atoms with van der Waals surface area (Å²) in [6, 6.07) is 9.54. The maximum absolute atomic E-state index is 12.5. The number of hydrogen-bond acceptors (Lipinski definition) is 4. The van der Waals surface area contributed by atoms with E-state index in [9.17, 15) is 4.79 Å². The van der Waals surface area contributed by atoms with Crippen molar-refractivity contribution < 1.29 is 4.79 Å². The van der Waals surface area contributed by atoms with Crippen LogP contribution >= 0.6 is 11.3 Å². The monoisotopic (exact) mass is 343 g/mol. The van der Waals surface area contributed by atoms with Gasteiger partial charge in [0.05, 0.1) is 12.2 Å². The average molecular weight is 343 g/mol. The van der Waals surface area contributed by atoms with Gasteiger partial charge in [-0.15, -0.1) is 11.3 Å². The molecule has 0 radical (unpaired) electrons. The highest BCUT2D eigenvalue weighted by molar-refractivity contribution is 7.09. The van der Waals surface area contributed by atoms with E-state index in [1.807, 2.05) is 35.2 Å². The summed E-state index contributed by atoms with van der Waals surface area (Å²) in [6.45, 7) is 10.8. The van der Waals surface area contributed by atoms with Crippen molar-refractivity contribution in [3.8, 4) is 0 Å². The Morgan fingerprint density at radius 1 is 1.12 bits per heavy atom. The van der Waals surface area contributed by atoms with Crippen molar-refractivity contribution in [2.75, 3.05) is 26.2 Å². The largest absolute Gasteiger partial charge is 0.336 e. The van der Waals surface area contributed by atoms with Crippen molar-refractivity contribution in [1.29, 1.82) is 0 Å². The van der Waals surface area contributed by atoms with Gasteiger partial charge in [-0.2, -0.15) is 0 Å². The Bertz CT molecular complexity index is 682. The predicted octanol–water partition coefficient (Wildman–Crippen LogP) is 3.40. The summed E-state index contributed by atoms with van der Waals surface area (Å²) in [5, 5.41) is 3.34. The topological polar surface area (TPSA) is 36.4 Å². The van der Waals surface area contributed by atoms with Crippen LogP contribution in [0.25, 0.3) is 0 Å². The fraction of sp³-hybridized carbons (Fsp3) is 0.474. The number of rotatable bonds is 3. The third-order valence-electron chi connectivity index (χ3n) is 4.36. The number of piperazine rings is 1. The molecule has 0 unspecified atom stereocenters. The van der Waals surface area contributed by atoms with Gasteiger partial charge < -0.3 is 4.90 Å². The first-order valence-electron chi connectivity index (χ1n) is 8.45. The van der Waals surface area contributed by atoms with Crippen molar-refractivity contribution in [3.63, 3.8) is 0 Å². The fourth-order valence-corrected chi connectivity index (χ4v) is 3.85. The number of aromatic nitrogens is 1.